The lowest BCUT2D eigenvalue weighted by molar-refractivity contribution is -0.237. The van der Waals surface area contributed by atoms with Gasteiger partial charge in [-0.25, -0.2) is 0 Å². The number of carbonyl (C=O) groups excluding carboxylic acids is 5. The number of hydrogen-bond acceptors (Lipinski definition) is 12. The van der Waals surface area contributed by atoms with Gasteiger partial charge in [0, 0.05) is 34.1 Å². The summed E-state index contributed by atoms with van der Waals surface area (Å²) in [5.41, 5.74) is -0.726. The lowest BCUT2D eigenvalue weighted by Gasteiger charge is -2.44. The van der Waals surface area contributed by atoms with Gasteiger partial charge in [-0.1, -0.05) is 44.9 Å². The molecule has 1 saturated heterocycles. The zero-order valence-electron chi connectivity index (χ0n) is 23.8. The Morgan fingerprint density at radius 2 is 1.13 bits per heavy atom. The number of rotatable bonds is 18. The summed E-state index contributed by atoms with van der Waals surface area (Å²) in [6, 6.07) is 0. The Morgan fingerprint density at radius 3 is 1.64 bits per heavy atom. The molecule has 12 heteroatoms. The molecule has 224 valence electrons. The Labute approximate surface area is 235 Å². The number of hydrogen-bond donors (Lipinski definition) is 0. The van der Waals surface area contributed by atoms with Crippen molar-refractivity contribution in [3.63, 3.8) is 0 Å². The highest BCUT2D eigenvalue weighted by atomic mass is 32.2. The van der Waals surface area contributed by atoms with Crippen molar-refractivity contribution in [1.29, 1.82) is 0 Å². The van der Waals surface area contributed by atoms with Gasteiger partial charge in [0.15, 0.2) is 18.3 Å². The first-order valence-electron chi connectivity index (χ1n) is 13.5. The molecule has 1 heterocycles. The maximum Gasteiger partial charge on any atom is 0.305 e. The van der Waals surface area contributed by atoms with Gasteiger partial charge in [-0.15, -0.1) is 11.8 Å². The topological polar surface area (TPSA) is 141 Å². The van der Waals surface area contributed by atoms with Crippen LogP contribution in [0.1, 0.15) is 91.9 Å². The van der Waals surface area contributed by atoms with E-state index in [1.54, 1.807) is 0 Å². The average Bonchev–Trinajstić information content (AvgIpc) is 2.85. The van der Waals surface area contributed by atoms with Crippen molar-refractivity contribution in [3.8, 4) is 0 Å². The Hall–Kier alpha value is -2.34. The monoisotopic (exact) mass is 576 g/mol. The highest BCUT2D eigenvalue weighted by Crippen LogP contribution is 2.35. The van der Waals surface area contributed by atoms with Gasteiger partial charge in [0.1, 0.15) is 18.1 Å². The fourth-order valence-corrected chi connectivity index (χ4v) is 5.46. The van der Waals surface area contributed by atoms with E-state index in [1.165, 1.54) is 46.6 Å². The van der Waals surface area contributed by atoms with E-state index < -0.39 is 53.7 Å². The zero-order chi connectivity index (χ0) is 29.2. The smallest absolute Gasteiger partial charge is 0.305 e. The van der Waals surface area contributed by atoms with Gasteiger partial charge in [0.25, 0.3) is 0 Å². The van der Waals surface area contributed by atoms with Gasteiger partial charge in [-0.05, 0) is 18.6 Å². The predicted octanol–water partition coefficient (Wildman–Crippen LogP) is 3.88. The van der Waals surface area contributed by atoms with Crippen LogP contribution < -0.4 is 0 Å². The second-order valence-electron chi connectivity index (χ2n) is 9.45. The standard InChI is InChI=1S/C27H44O11S/c1-18(28)34-17-22-24(35-19(2)29)25(36-20(3)30)26(37-21(4)31)27(38-22)39-16-14-12-10-8-6-7-9-11-13-15-23(32)33-5/h22,24-27H,6-17H2,1-5H3/t22-,24-,25+,26-,27+/m1/s1. The van der Waals surface area contributed by atoms with Crippen molar-refractivity contribution in [2.45, 2.75) is 122 Å². The van der Waals surface area contributed by atoms with E-state index in [0.29, 0.717) is 12.2 Å². The maximum absolute atomic E-state index is 11.9. The van der Waals surface area contributed by atoms with Crippen LogP contribution in [0, 0.1) is 0 Å². The number of carbonyl (C=O) groups is 5. The fourth-order valence-electron chi connectivity index (χ4n) is 4.23. The predicted molar refractivity (Wildman–Crippen MR) is 143 cm³/mol. The van der Waals surface area contributed by atoms with E-state index in [1.807, 2.05) is 0 Å². The number of esters is 5. The normalized spacial score (nSPS) is 22.4. The molecule has 0 N–H and O–H groups in total. The summed E-state index contributed by atoms with van der Waals surface area (Å²) < 4.78 is 32.2. The molecule has 1 aliphatic heterocycles. The van der Waals surface area contributed by atoms with E-state index in [0.717, 1.165) is 57.8 Å². The number of unbranched alkanes of at least 4 members (excludes halogenated alkanes) is 8. The van der Waals surface area contributed by atoms with Crippen LogP contribution in [0.2, 0.25) is 0 Å². The van der Waals surface area contributed by atoms with Crippen LogP contribution >= 0.6 is 11.8 Å². The molecule has 0 aromatic heterocycles. The summed E-state index contributed by atoms with van der Waals surface area (Å²) in [5.74, 6) is -1.90. The number of thioether (sulfide) groups is 1. The molecule has 0 aromatic carbocycles. The van der Waals surface area contributed by atoms with Gasteiger partial charge < -0.3 is 28.4 Å². The van der Waals surface area contributed by atoms with Crippen molar-refractivity contribution in [2.24, 2.45) is 0 Å². The SMILES string of the molecule is COC(=O)CCCCCCCCCCCS[C@@H]1O[C@H](COC(C)=O)[C@@H](OC(C)=O)[C@H](OC(C)=O)[C@H]1OC(C)=O. The van der Waals surface area contributed by atoms with Crippen LogP contribution in [0.15, 0.2) is 0 Å². The van der Waals surface area contributed by atoms with Crippen molar-refractivity contribution in [2.75, 3.05) is 19.5 Å². The quantitative estimate of drug-likeness (QED) is 0.133. The lowest BCUT2D eigenvalue weighted by atomic mass is 9.99. The van der Waals surface area contributed by atoms with E-state index in [9.17, 15) is 24.0 Å². The summed E-state index contributed by atoms with van der Waals surface area (Å²) in [5, 5.41) is 0. The van der Waals surface area contributed by atoms with Crippen LogP contribution in [0.5, 0.6) is 0 Å². The van der Waals surface area contributed by atoms with E-state index in [-0.39, 0.29) is 12.6 Å². The average molecular weight is 577 g/mol. The largest absolute Gasteiger partial charge is 0.469 e. The molecule has 11 nitrogen and oxygen atoms in total. The highest BCUT2D eigenvalue weighted by molar-refractivity contribution is 7.99. The second kappa shape index (κ2) is 19.7. The van der Waals surface area contributed by atoms with Gasteiger partial charge in [-0.3, -0.25) is 24.0 Å². The Morgan fingerprint density at radius 1 is 0.641 bits per heavy atom. The third kappa shape index (κ3) is 15.1. The van der Waals surface area contributed by atoms with Gasteiger partial charge in [0.05, 0.1) is 7.11 Å². The molecule has 5 atom stereocenters. The van der Waals surface area contributed by atoms with Crippen LogP contribution in [-0.2, 0) is 52.4 Å². The number of ether oxygens (including phenoxy) is 6. The summed E-state index contributed by atoms with van der Waals surface area (Å²) >= 11 is 1.41. The molecule has 0 bridgehead atoms. The van der Waals surface area contributed by atoms with E-state index in [2.05, 4.69) is 4.74 Å². The summed E-state index contributed by atoms with van der Waals surface area (Å²) in [6.07, 6.45) is 5.69. The van der Waals surface area contributed by atoms with Crippen molar-refractivity contribution in [1.82, 2.24) is 0 Å². The molecule has 1 rings (SSSR count). The first-order chi connectivity index (χ1) is 18.5. The molecule has 0 amide bonds. The third-order valence-electron chi connectivity index (χ3n) is 5.98. The minimum atomic E-state index is -1.13. The summed E-state index contributed by atoms with van der Waals surface area (Å²) in [6.45, 7) is 4.65. The van der Waals surface area contributed by atoms with Crippen molar-refractivity contribution < 1.29 is 52.4 Å². The molecule has 1 aliphatic rings. The summed E-state index contributed by atoms with van der Waals surface area (Å²) in [7, 11) is 1.41. The zero-order valence-corrected chi connectivity index (χ0v) is 24.6. The minimum Gasteiger partial charge on any atom is -0.469 e. The van der Waals surface area contributed by atoms with Crippen LogP contribution in [0.3, 0.4) is 0 Å². The first kappa shape index (κ1) is 34.7. The first-order valence-corrected chi connectivity index (χ1v) is 14.6. The lowest BCUT2D eigenvalue weighted by Crippen LogP contribution is -2.61. The molecule has 0 aliphatic carbocycles. The van der Waals surface area contributed by atoms with Crippen LogP contribution in [0.4, 0.5) is 0 Å². The molecule has 0 radical (unpaired) electrons. The minimum absolute atomic E-state index is 0.156. The summed E-state index contributed by atoms with van der Waals surface area (Å²) in [4.78, 5) is 58.1. The van der Waals surface area contributed by atoms with Crippen LogP contribution in [0.25, 0.3) is 0 Å². The molecule has 0 unspecified atom stereocenters. The molecule has 39 heavy (non-hydrogen) atoms. The Bertz CT molecular complexity index is 788. The molecular weight excluding hydrogens is 532 g/mol. The highest BCUT2D eigenvalue weighted by Gasteiger charge is 2.52. The number of methoxy groups -OCH3 is 1. The molecule has 0 saturated carbocycles. The van der Waals surface area contributed by atoms with Gasteiger partial charge in [-0.2, -0.15) is 0 Å². The Balaban J connectivity index is 2.63. The molecular formula is C27H44O11S. The molecule has 0 aromatic rings. The van der Waals surface area contributed by atoms with E-state index >= 15 is 0 Å². The second-order valence-corrected chi connectivity index (χ2v) is 10.7. The fraction of sp³-hybridized carbons (Fsp3) is 0.815. The van der Waals surface area contributed by atoms with Crippen LogP contribution in [-0.4, -0.2) is 79.2 Å². The van der Waals surface area contributed by atoms with Gasteiger partial charge in [0.2, 0.25) is 0 Å². The maximum atomic E-state index is 11.9. The third-order valence-corrected chi connectivity index (χ3v) is 7.22. The van der Waals surface area contributed by atoms with Crippen molar-refractivity contribution >= 4 is 41.6 Å². The Kier molecular flexibility index (Phi) is 17.5. The van der Waals surface area contributed by atoms with Crippen molar-refractivity contribution in [3.05, 3.63) is 0 Å². The molecule has 1 fully saturated rings. The molecule has 0 spiro atoms. The van der Waals surface area contributed by atoms with E-state index in [4.69, 9.17) is 23.7 Å². The van der Waals surface area contributed by atoms with Gasteiger partial charge >= 0.3 is 29.8 Å².